The normalized spacial score (nSPS) is 18.1. The Labute approximate surface area is 104 Å². The highest BCUT2D eigenvalue weighted by Crippen LogP contribution is 2.37. The molecule has 0 amide bonds. The highest BCUT2D eigenvalue weighted by atomic mass is 15.2. The Morgan fingerprint density at radius 2 is 2.18 bits per heavy atom. The van der Waals surface area contributed by atoms with Gasteiger partial charge in [0.25, 0.3) is 0 Å². The summed E-state index contributed by atoms with van der Waals surface area (Å²) >= 11 is 0. The molecule has 0 aromatic carbocycles. The summed E-state index contributed by atoms with van der Waals surface area (Å²) in [5.41, 5.74) is 8.47. The number of rotatable bonds is 5. The molecule has 0 spiro atoms. The minimum Gasteiger partial charge on any atom is -0.329 e. The second-order valence-corrected chi connectivity index (χ2v) is 5.07. The molecule has 3 heteroatoms. The van der Waals surface area contributed by atoms with E-state index < -0.39 is 0 Å². The Kier molecular flexibility index (Phi) is 3.79. The molecule has 0 aliphatic heterocycles. The molecule has 0 saturated heterocycles. The van der Waals surface area contributed by atoms with Gasteiger partial charge in [-0.25, -0.2) is 0 Å². The monoisotopic (exact) mass is 233 g/mol. The van der Waals surface area contributed by atoms with Crippen LogP contribution in [0, 0.1) is 6.92 Å². The van der Waals surface area contributed by atoms with Crippen molar-refractivity contribution in [3.63, 3.8) is 0 Å². The summed E-state index contributed by atoms with van der Waals surface area (Å²) in [5, 5.41) is 0. The first-order valence-corrected chi connectivity index (χ1v) is 6.58. The zero-order chi connectivity index (χ0) is 12.3. The van der Waals surface area contributed by atoms with E-state index >= 15 is 0 Å². The maximum atomic E-state index is 5.97. The topological polar surface area (TPSA) is 42.2 Å². The molecule has 0 atom stereocenters. The van der Waals surface area contributed by atoms with Gasteiger partial charge in [0.05, 0.1) is 5.69 Å². The zero-order valence-corrected chi connectivity index (χ0v) is 10.9. The number of hydrogen-bond donors (Lipinski definition) is 1. The van der Waals surface area contributed by atoms with E-state index in [-0.39, 0.29) is 5.54 Å². The molecule has 1 aliphatic rings. The fraction of sp³-hybridized carbons (Fsp3) is 0.643. The van der Waals surface area contributed by atoms with Crippen molar-refractivity contribution in [3.05, 3.63) is 29.6 Å². The predicted molar refractivity (Wildman–Crippen MR) is 70.7 cm³/mol. The van der Waals surface area contributed by atoms with E-state index in [0.29, 0.717) is 0 Å². The molecule has 3 nitrogen and oxygen atoms in total. The van der Waals surface area contributed by atoms with Crippen molar-refractivity contribution in [1.82, 2.24) is 9.88 Å². The van der Waals surface area contributed by atoms with Crippen molar-refractivity contribution >= 4 is 0 Å². The Hall–Kier alpha value is -0.930. The van der Waals surface area contributed by atoms with Crippen LogP contribution in [0.15, 0.2) is 18.2 Å². The first kappa shape index (κ1) is 12.5. The van der Waals surface area contributed by atoms with Gasteiger partial charge in [0.2, 0.25) is 0 Å². The smallest absolute Gasteiger partial charge is 0.0547 e. The summed E-state index contributed by atoms with van der Waals surface area (Å²) < 4.78 is 0. The quantitative estimate of drug-likeness (QED) is 0.847. The molecule has 1 aromatic heterocycles. The SMILES string of the molecule is CCN(Cc1cccc(C)n1)C1(CN)CCC1. The highest BCUT2D eigenvalue weighted by Gasteiger charge is 2.40. The molecule has 2 rings (SSSR count). The second-order valence-electron chi connectivity index (χ2n) is 5.07. The molecule has 1 aliphatic carbocycles. The van der Waals surface area contributed by atoms with Gasteiger partial charge in [0.1, 0.15) is 0 Å². The van der Waals surface area contributed by atoms with Crippen molar-refractivity contribution in [2.24, 2.45) is 5.73 Å². The number of aromatic nitrogens is 1. The lowest BCUT2D eigenvalue weighted by atomic mass is 9.75. The summed E-state index contributed by atoms with van der Waals surface area (Å²) in [6, 6.07) is 6.24. The number of nitrogens with zero attached hydrogens (tertiary/aromatic N) is 2. The number of nitrogens with two attached hydrogens (primary N) is 1. The van der Waals surface area contributed by atoms with Gasteiger partial charge in [0, 0.05) is 24.3 Å². The van der Waals surface area contributed by atoms with E-state index in [4.69, 9.17) is 5.73 Å². The average molecular weight is 233 g/mol. The van der Waals surface area contributed by atoms with Gasteiger partial charge >= 0.3 is 0 Å². The van der Waals surface area contributed by atoms with Crippen LogP contribution in [0.3, 0.4) is 0 Å². The molecule has 2 N–H and O–H groups in total. The van der Waals surface area contributed by atoms with Crippen molar-refractivity contribution in [2.75, 3.05) is 13.1 Å². The molecule has 0 radical (unpaired) electrons. The Balaban J connectivity index is 2.09. The summed E-state index contributed by atoms with van der Waals surface area (Å²) in [6.45, 7) is 7.00. The fourth-order valence-corrected chi connectivity index (χ4v) is 2.73. The molecule has 1 aromatic rings. The molecule has 1 saturated carbocycles. The van der Waals surface area contributed by atoms with Crippen LogP contribution in [0.4, 0.5) is 0 Å². The van der Waals surface area contributed by atoms with Crippen molar-refractivity contribution in [1.29, 1.82) is 0 Å². The molecule has 1 fully saturated rings. The van der Waals surface area contributed by atoms with Crippen molar-refractivity contribution < 1.29 is 0 Å². The third-order valence-corrected chi connectivity index (χ3v) is 4.02. The first-order valence-electron chi connectivity index (χ1n) is 6.58. The van der Waals surface area contributed by atoms with Crippen LogP contribution in [0.5, 0.6) is 0 Å². The van der Waals surface area contributed by atoms with Crippen LogP contribution in [-0.2, 0) is 6.54 Å². The number of likely N-dealkylation sites (N-methyl/N-ethyl adjacent to an activating group) is 1. The molecule has 0 unspecified atom stereocenters. The Morgan fingerprint density at radius 1 is 1.41 bits per heavy atom. The van der Waals surface area contributed by atoms with Gasteiger partial charge in [-0.15, -0.1) is 0 Å². The Morgan fingerprint density at radius 3 is 2.65 bits per heavy atom. The largest absolute Gasteiger partial charge is 0.329 e. The zero-order valence-electron chi connectivity index (χ0n) is 10.9. The first-order chi connectivity index (χ1) is 8.20. The lowest BCUT2D eigenvalue weighted by Gasteiger charge is -2.49. The Bertz CT molecular complexity index is 366. The molecular formula is C14H23N3. The van der Waals surface area contributed by atoms with Crippen LogP contribution < -0.4 is 5.73 Å². The highest BCUT2D eigenvalue weighted by molar-refractivity contribution is 5.11. The van der Waals surface area contributed by atoms with E-state index in [1.807, 2.05) is 13.0 Å². The summed E-state index contributed by atoms with van der Waals surface area (Å²) in [5.74, 6) is 0. The third kappa shape index (κ3) is 2.50. The standard InChI is InChI=1S/C14H23N3/c1-3-17(14(11-15)8-5-9-14)10-13-7-4-6-12(2)16-13/h4,6-7H,3,5,8-11,15H2,1-2H3. The molecule has 17 heavy (non-hydrogen) atoms. The second kappa shape index (κ2) is 5.15. The average Bonchev–Trinajstić information content (AvgIpc) is 2.27. The lowest BCUT2D eigenvalue weighted by molar-refractivity contribution is 0.0199. The van der Waals surface area contributed by atoms with Crippen LogP contribution in [0.1, 0.15) is 37.6 Å². The summed E-state index contributed by atoms with van der Waals surface area (Å²) in [6.07, 6.45) is 3.79. The minimum absolute atomic E-state index is 0.250. The molecular weight excluding hydrogens is 210 g/mol. The van der Waals surface area contributed by atoms with Crippen molar-refractivity contribution in [2.45, 2.75) is 45.2 Å². The lowest BCUT2D eigenvalue weighted by Crippen LogP contribution is -2.58. The summed E-state index contributed by atoms with van der Waals surface area (Å²) in [7, 11) is 0. The van der Waals surface area contributed by atoms with Gasteiger partial charge in [0.15, 0.2) is 0 Å². The van der Waals surface area contributed by atoms with Gasteiger partial charge in [-0.2, -0.15) is 0 Å². The van der Waals surface area contributed by atoms with E-state index in [0.717, 1.165) is 31.0 Å². The van der Waals surface area contributed by atoms with Gasteiger partial charge in [-0.1, -0.05) is 13.0 Å². The van der Waals surface area contributed by atoms with E-state index in [1.54, 1.807) is 0 Å². The van der Waals surface area contributed by atoms with Gasteiger partial charge in [-0.3, -0.25) is 9.88 Å². The van der Waals surface area contributed by atoms with E-state index in [9.17, 15) is 0 Å². The van der Waals surface area contributed by atoms with E-state index in [1.165, 1.54) is 19.3 Å². The fourth-order valence-electron chi connectivity index (χ4n) is 2.73. The van der Waals surface area contributed by atoms with Crippen LogP contribution in [0.25, 0.3) is 0 Å². The predicted octanol–water partition coefficient (Wildman–Crippen LogP) is 2.09. The summed E-state index contributed by atoms with van der Waals surface area (Å²) in [4.78, 5) is 7.08. The van der Waals surface area contributed by atoms with Gasteiger partial charge in [-0.05, 0) is 44.9 Å². The maximum Gasteiger partial charge on any atom is 0.0547 e. The number of aryl methyl sites for hydroxylation is 1. The van der Waals surface area contributed by atoms with Crippen molar-refractivity contribution in [3.8, 4) is 0 Å². The van der Waals surface area contributed by atoms with Crippen LogP contribution in [-0.4, -0.2) is 28.5 Å². The van der Waals surface area contributed by atoms with Crippen LogP contribution >= 0.6 is 0 Å². The molecule has 94 valence electrons. The number of pyridine rings is 1. The number of hydrogen-bond acceptors (Lipinski definition) is 3. The minimum atomic E-state index is 0.250. The van der Waals surface area contributed by atoms with Gasteiger partial charge < -0.3 is 5.73 Å². The maximum absolute atomic E-state index is 5.97. The molecule has 0 bridgehead atoms. The molecule has 1 heterocycles. The van der Waals surface area contributed by atoms with E-state index in [2.05, 4.69) is 28.9 Å². The third-order valence-electron chi connectivity index (χ3n) is 4.02. The van der Waals surface area contributed by atoms with Crippen LogP contribution in [0.2, 0.25) is 0 Å².